The quantitative estimate of drug-likeness (QED) is 0.704. The van der Waals surface area contributed by atoms with Crippen LogP contribution in [0, 0.1) is 13.8 Å². The largest absolute Gasteiger partial charge is 0.393 e. The Morgan fingerprint density at radius 3 is 2.50 bits per heavy atom. The van der Waals surface area contributed by atoms with E-state index in [1.165, 1.54) is 16.7 Å². The fourth-order valence-electron chi connectivity index (χ4n) is 1.11. The summed E-state index contributed by atoms with van der Waals surface area (Å²) in [6.45, 7) is 4.19. The van der Waals surface area contributed by atoms with Crippen molar-refractivity contribution in [3.63, 3.8) is 0 Å². The SMILES string of the molecule is Cc1ccc(CC(N)=S)cc1C. The minimum Gasteiger partial charge on any atom is -0.393 e. The molecule has 64 valence electrons. The molecule has 1 aromatic carbocycles. The average molecular weight is 179 g/mol. The molecule has 0 aliphatic rings. The minimum absolute atomic E-state index is 0.554. The Bertz CT molecular complexity index is 305. The fraction of sp³-hybridized carbons (Fsp3) is 0.300. The molecule has 1 aromatic rings. The molecule has 2 heteroatoms. The molecule has 1 rings (SSSR count). The maximum absolute atomic E-state index is 5.44. The molecule has 0 fully saturated rings. The van der Waals surface area contributed by atoms with E-state index in [0.717, 1.165) is 0 Å². The van der Waals surface area contributed by atoms with Gasteiger partial charge in [0.25, 0.3) is 0 Å². The molecule has 0 bridgehead atoms. The highest BCUT2D eigenvalue weighted by molar-refractivity contribution is 7.80. The van der Waals surface area contributed by atoms with Crippen LogP contribution in [0.15, 0.2) is 18.2 Å². The Balaban J connectivity index is 2.89. The lowest BCUT2D eigenvalue weighted by Gasteiger charge is -2.03. The molecule has 12 heavy (non-hydrogen) atoms. The van der Waals surface area contributed by atoms with Crippen LogP contribution in [-0.4, -0.2) is 4.99 Å². The number of hydrogen-bond acceptors (Lipinski definition) is 1. The lowest BCUT2D eigenvalue weighted by molar-refractivity contribution is 1.25. The van der Waals surface area contributed by atoms with Crippen LogP contribution in [0.2, 0.25) is 0 Å². The van der Waals surface area contributed by atoms with Crippen LogP contribution >= 0.6 is 12.2 Å². The Morgan fingerprint density at radius 2 is 2.00 bits per heavy atom. The van der Waals surface area contributed by atoms with E-state index in [9.17, 15) is 0 Å². The van der Waals surface area contributed by atoms with E-state index in [1.54, 1.807) is 0 Å². The van der Waals surface area contributed by atoms with Crippen molar-refractivity contribution in [1.29, 1.82) is 0 Å². The standard InChI is InChI=1S/C10H13NS/c1-7-3-4-9(5-8(7)2)6-10(11)12/h3-5H,6H2,1-2H3,(H2,11,12). The van der Waals surface area contributed by atoms with E-state index in [-0.39, 0.29) is 0 Å². The minimum atomic E-state index is 0.554. The highest BCUT2D eigenvalue weighted by atomic mass is 32.1. The molecule has 0 aliphatic carbocycles. The van der Waals surface area contributed by atoms with E-state index in [4.69, 9.17) is 18.0 Å². The highest BCUT2D eigenvalue weighted by Gasteiger charge is 1.97. The van der Waals surface area contributed by atoms with E-state index in [1.807, 2.05) is 0 Å². The predicted molar refractivity (Wildman–Crippen MR) is 56.4 cm³/mol. The van der Waals surface area contributed by atoms with Gasteiger partial charge >= 0.3 is 0 Å². The zero-order valence-electron chi connectivity index (χ0n) is 7.42. The van der Waals surface area contributed by atoms with Crippen molar-refractivity contribution < 1.29 is 0 Å². The molecule has 2 N–H and O–H groups in total. The predicted octanol–water partition coefficient (Wildman–Crippen LogP) is 2.13. The highest BCUT2D eigenvalue weighted by Crippen LogP contribution is 2.09. The summed E-state index contributed by atoms with van der Waals surface area (Å²) in [5, 5.41) is 0. The van der Waals surface area contributed by atoms with Crippen molar-refractivity contribution >= 4 is 17.2 Å². The van der Waals surface area contributed by atoms with Gasteiger partial charge < -0.3 is 5.73 Å². The second kappa shape index (κ2) is 3.68. The van der Waals surface area contributed by atoms with E-state index in [2.05, 4.69) is 32.0 Å². The first-order valence-corrected chi connectivity index (χ1v) is 4.35. The third kappa shape index (κ3) is 2.31. The Morgan fingerprint density at radius 1 is 1.33 bits per heavy atom. The molecule has 0 atom stereocenters. The number of hydrogen-bond donors (Lipinski definition) is 1. The lowest BCUT2D eigenvalue weighted by Crippen LogP contribution is -2.11. The van der Waals surface area contributed by atoms with Crippen LogP contribution in [0.4, 0.5) is 0 Å². The van der Waals surface area contributed by atoms with Gasteiger partial charge in [0, 0.05) is 6.42 Å². The van der Waals surface area contributed by atoms with Crippen LogP contribution in [0.5, 0.6) is 0 Å². The summed E-state index contributed by atoms with van der Waals surface area (Å²) in [4.78, 5) is 0.554. The summed E-state index contributed by atoms with van der Waals surface area (Å²) in [5.74, 6) is 0. The van der Waals surface area contributed by atoms with Gasteiger partial charge in [0.1, 0.15) is 0 Å². The zero-order valence-corrected chi connectivity index (χ0v) is 8.24. The van der Waals surface area contributed by atoms with Crippen molar-refractivity contribution in [3.8, 4) is 0 Å². The van der Waals surface area contributed by atoms with Crippen LogP contribution < -0.4 is 5.73 Å². The fourth-order valence-corrected chi connectivity index (χ4v) is 1.28. The molecular formula is C10H13NS. The van der Waals surface area contributed by atoms with Crippen molar-refractivity contribution in [2.45, 2.75) is 20.3 Å². The van der Waals surface area contributed by atoms with Gasteiger partial charge in [-0.15, -0.1) is 0 Å². The monoisotopic (exact) mass is 179 g/mol. The number of rotatable bonds is 2. The van der Waals surface area contributed by atoms with Crippen molar-refractivity contribution in [3.05, 3.63) is 34.9 Å². The Kier molecular flexibility index (Phi) is 2.82. The molecule has 0 spiro atoms. The summed E-state index contributed by atoms with van der Waals surface area (Å²) >= 11 is 4.83. The third-order valence-corrected chi connectivity index (χ3v) is 2.09. The second-order valence-corrected chi connectivity index (χ2v) is 3.59. The molecule has 0 amide bonds. The topological polar surface area (TPSA) is 26.0 Å². The first kappa shape index (κ1) is 9.20. The molecule has 0 aromatic heterocycles. The molecule has 0 heterocycles. The van der Waals surface area contributed by atoms with Gasteiger partial charge in [0.05, 0.1) is 4.99 Å². The number of benzene rings is 1. The molecule has 0 unspecified atom stereocenters. The zero-order chi connectivity index (χ0) is 9.14. The van der Waals surface area contributed by atoms with Gasteiger partial charge in [-0.2, -0.15) is 0 Å². The second-order valence-electron chi connectivity index (χ2n) is 3.06. The summed E-state index contributed by atoms with van der Waals surface area (Å²) in [7, 11) is 0. The van der Waals surface area contributed by atoms with Crippen LogP contribution in [0.3, 0.4) is 0 Å². The lowest BCUT2D eigenvalue weighted by atomic mass is 10.0. The van der Waals surface area contributed by atoms with Crippen LogP contribution in [-0.2, 0) is 6.42 Å². The smallest absolute Gasteiger partial charge is 0.0771 e. The van der Waals surface area contributed by atoms with E-state index >= 15 is 0 Å². The summed E-state index contributed by atoms with van der Waals surface area (Å²) in [5.41, 5.74) is 9.25. The number of thiocarbonyl (C=S) groups is 1. The molecule has 1 nitrogen and oxygen atoms in total. The molecule has 0 saturated carbocycles. The van der Waals surface area contributed by atoms with E-state index in [0.29, 0.717) is 11.4 Å². The van der Waals surface area contributed by atoms with Crippen molar-refractivity contribution in [2.75, 3.05) is 0 Å². The van der Waals surface area contributed by atoms with Gasteiger partial charge in [0.2, 0.25) is 0 Å². The molecule has 0 aliphatic heterocycles. The average Bonchev–Trinajstić information content (AvgIpc) is 1.96. The summed E-state index contributed by atoms with van der Waals surface area (Å²) in [6.07, 6.45) is 0.705. The van der Waals surface area contributed by atoms with Crippen LogP contribution in [0.1, 0.15) is 16.7 Å². The summed E-state index contributed by atoms with van der Waals surface area (Å²) < 4.78 is 0. The maximum atomic E-state index is 5.44. The van der Waals surface area contributed by atoms with Crippen LogP contribution in [0.25, 0.3) is 0 Å². The van der Waals surface area contributed by atoms with Gasteiger partial charge in [0.15, 0.2) is 0 Å². The van der Waals surface area contributed by atoms with Gasteiger partial charge in [-0.05, 0) is 30.5 Å². The molecule has 0 saturated heterocycles. The Hall–Kier alpha value is -0.890. The Labute approximate surface area is 78.6 Å². The normalized spacial score (nSPS) is 9.83. The maximum Gasteiger partial charge on any atom is 0.0771 e. The van der Waals surface area contributed by atoms with Gasteiger partial charge in [-0.25, -0.2) is 0 Å². The van der Waals surface area contributed by atoms with Gasteiger partial charge in [-0.1, -0.05) is 30.4 Å². The number of aryl methyl sites for hydroxylation is 2. The number of nitrogens with two attached hydrogens (primary N) is 1. The molecular weight excluding hydrogens is 166 g/mol. The van der Waals surface area contributed by atoms with Crippen molar-refractivity contribution in [2.24, 2.45) is 5.73 Å². The summed E-state index contributed by atoms with van der Waals surface area (Å²) in [6, 6.07) is 6.30. The first-order valence-electron chi connectivity index (χ1n) is 3.94. The van der Waals surface area contributed by atoms with Gasteiger partial charge in [-0.3, -0.25) is 0 Å². The van der Waals surface area contributed by atoms with Crippen molar-refractivity contribution in [1.82, 2.24) is 0 Å². The molecule has 0 radical (unpaired) electrons. The van der Waals surface area contributed by atoms with E-state index < -0.39 is 0 Å². The first-order chi connectivity index (χ1) is 5.59. The third-order valence-electron chi connectivity index (χ3n) is 1.95.